The molecule has 0 bridgehead atoms. The Balaban J connectivity index is 0.00000121. The quantitative estimate of drug-likeness (QED) is 0.112. The third-order valence-electron chi connectivity index (χ3n) is 10.3. The minimum absolute atomic E-state index is 0.202. The molecule has 7 aromatic carbocycles. The van der Waals surface area contributed by atoms with E-state index in [1.54, 1.807) is 84.9 Å². The molecule has 0 aliphatic rings. The van der Waals surface area contributed by atoms with Crippen LogP contribution in [0.2, 0.25) is 0 Å². The summed E-state index contributed by atoms with van der Waals surface area (Å²) >= 11 is 0. The standard InChI is InChI=1S/C49H44O6S2.CH4O3S/c1-5-36-8-10-37(11-9-36)34-38-12-28-46(29-13-38)57(52,53)48-32-24-44(25-33-48)55-42-20-16-40(17-21-42)49(3,4)39-14-18-41(19-15-39)54-43-22-30-47(31-23-43)56(50,51)45-26-6-35(2)7-27-45;1-5(2,3)4/h6-33H,5,34H2,1-4H3;1H3,(H,2,3,4). The van der Waals surface area contributed by atoms with Crippen LogP contribution in [0.1, 0.15) is 54.2 Å². The summed E-state index contributed by atoms with van der Waals surface area (Å²) in [4.78, 5) is 0.914. The monoisotopic (exact) mass is 888 g/mol. The summed E-state index contributed by atoms with van der Waals surface area (Å²) in [5.41, 5.74) is 6.35. The lowest BCUT2D eigenvalue weighted by atomic mass is 9.78. The zero-order chi connectivity index (χ0) is 44.7. The average molecular weight is 889 g/mol. The molecule has 0 unspecified atom stereocenters. The zero-order valence-corrected chi connectivity index (χ0v) is 37.5. The van der Waals surface area contributed by atoms with Gasteiger partial charge in [-0.05, 0) is 145 Å². The van der Waals surface area contributed by atoms with Gasteiger partial charge in [-0.1, -0.05) is 99.1 Å². The fourth-order valence-corrected chi connectivity index (χ4v) is 9.12. The summed E-state index contributed by atoms with van der Waals surface area (Å²) in [6.07, 6.45) is 2.45. The minimum Gasteiger partial charge on any atom is -0.457 e. The highest BCUT2D eigenvalue weighted by Gasteiger charge is 2.24. The van der Waals surface area contributed by atoms with Crippen molar-refractivity contribution in [2.24, 2.45) is 0 Å². The number of aryl methyl sites for hydroxylation is 2. The molecule has 0 aliphatic heterocycles. The van der Waals surface area contributed by atoms with Gasteiger partial charge in [-0.25, -0.2) is 16.8 Å². The molecule has 0 atom stereocenters. The van der Waals surface area contributed by atoms with Gasteiger partial charge in [-0.15, -0.1) is 0 Å². The Bertz CT molecular complexity index is 2920. The Morgan fingerprint density at radius 3 is 1.02 bits per heavy atom. The van der Waals surface area contributed by atoms with Crippen molar-refractivity contribution in [3.8, 4) is 23.0 Å². The predicted molar refractivity (Wildman–Crippen MR) is 243 cm³/mol. The highest BCUT2D eigenvalue weighted by atomic mass is 32.2. The van der Waals surface area contributed by atoms with Crippen LogP contribution in [0.3, 0.4) is 0 Å². The summed E-state index contributed by atoms with van der Waals surface area (Å²) in [6.45, 7) is 8.33. The lowest BCUT2D eigenvalue weighted by Crippen LogP contribution is -2.18. The fraction of sp³-hybridized carbons (Fsp3) is 0.160. The van der Waals surface area contributed by atoms with Gasteiger partial charge < -0.3 is 9.47 Å². The Hall–Kier alpha value is -6.05. The summed E-state index contributed by atoms with van der Waals surface area (Å²) in [6, 6.07) is 51.0. The van der Waals surface area contributed by atoms with E-state index < -0.39 is 29.8 Å². The van der Waals surface area contributed by atoms with Crippen LogP contribution in [0.15, 0.2) is 189 Å². The molecule has 0 amide bonds. The van der Waals surface area contributed by atoms with Crippen molar-refractivity contribution in [2.75, 3.05) is 6.26 Å². The van der Waals surface area contributed by atoms with Crippen molar-refractivity contribution in [1.29, 1.82) is 0 Å². The second-order valence-corrected chi connectivity index (χ2v) is 20.7. The van der Waals surface area contributed by atoms with Crippen molar-refractivity contribution >= 4 is 29.8 Å². The molecule has 0 aromatic heterocycles. The highest BCUT2D eigenvalue weighted by Crippen LogP contribution is 2.35. The van der Waals surface area contributed by atoms with Crippen LogP contribution >= 0.6 is 0 Å². The van der Waals surface area contributed by atoms with Crippen molar-refractivity contribution in [3.05, 3.63) is 203 Å². The minimum atomic E-state index is -3.69. The summed E-state index contributed by atoms with van der Waals surface area (Å²) < 4.78 is 90.9. The van der Waals surface area contributed by atoms with Crippen molar-refractivity contribution in [3.63, 3.8) is 0 Å². The third kappa shape index (κ3) is 11.6. The van der Waals surface area contributed by atoms with Crippen LogP contribution in [-0.2, 0) is 48.0 Å². The van der Waals surface area contributed by atoms with Gasteiger partial charge in [0.05, 0.1) is 25.8 Å². The summed E-state index contributed by atoms with van der Waals surface area (Å²) in [7, 11) is -11.0. The molecule has 0 fully saturated rings. The van der Waals surface area contributed by atoms with E-state index in [9.17, 15) is 25.3 Å². The Morgan fingerprint density at radius 1 is 0.435 bits per heavy atom. The van der Waals surface area contributed by atoms with Gasteiger partial charge in [0, 0.05) is 5.41 Å². The van der Waals surface area contributed by atoms with Gasteiger partial charge >= 0.3 is 0 Å². The van der Waals surface area contributed by atoms with Gasteiger partial charge in [-0.2, -0.15) is 8.42 Å². The number of hydrogen-bond donors (Lipinski definition) is 1. The number of ether oxygens (including phenoxy) is 2. The first kappa shape index (κ1) is 45.5. The molecule has 62 heavy (non-hydrogen) atoms. The Labute approximate surface area is 365 Å². The fourth-order valence-electron chi connectivity index (χ4n) is 6.60. The molecule has 0 aliphatic carbocycles. The number of hydrogen-bond acceptors (Lipinski definition) is 8. The molecule has 9 nitrogen and oxygen atoms in total. The SMILES string of the molecule is CCc1ccc(Cc2ccc(S(=O)(=O)c3ccc(Oc4ccc(C(C)(C)c5ccc(Oc6ccc(S(=O)(=O)c7ccc(C)cc7)cc6)cc5)cc4)cc3)cc2)cc1.CS(=O)(=O)O. The van der Waals surface area contributed by atoms with E-state index in [-0.39, 0.29) is 25.0 Å². The molecule has 0 saturated carbocycles. The molecule has 7 aromatic rings. The number of sulfone groups is 2. The molecule has 0 radical (unpaired) electrons. The van der Waals surface area contributed by atoms with E-state index in [1.165, 1.54) is 11.1 Å². The largest absolute Gasteiger partial charge is 0.457 e. The molecular weight excluding hydrogens is 841 g/mol. The van der Waals surface area contributed by atoms with E-state index in [1.807, 2.05) is 67.6 Å². The van der Waals surface area contributed by atoms with Crippen LogP contribution in [0.25, 0.3) is 0 Å². The average Bonchev–Trinajstić information content (AvgIpc) is 3.24. The Morgan fingerprint density at radius 2 is 0.694 bits per heavy atom. The van der Waals surface area contributed by atoms with Gasteiger partial charge in [0.2, 0.25) is 19.7 Å². The van der Waals surface area contributed by atoms with E-state index in [4.69, 9.17) is 14.0 Å². The van der Waals surface area contributed by atoms with Crippen LogP contribution in [-0.4, -0.2) is 36.1 Å². The van der Waals surface area contributed by atoms with Crippen LogP contribution in [0, 0.1) is 6.92 Å². The van der Waals surface area contributed by atoms with E-state index in [2.05, 4.69) is 45.0 Å². The van der Waals surface area contributed by atoms with Gasteiger partial charge in [0.25, 0.3) is 10.1 Å². The first-order chi connectivity index (χ1) is 29.3. The maximum atomic E-state index is 13.4. The molecule has 0 spiro atoms. The normalized spacial score (nSPS) is 11.9. The van der Waals surface area contributed by atoms with Crippen LogP contribution < -0.4 is 9.47 Å². The van der Waals surface area contributed by atoms with Gasteiger partial charge in [-0.3, -0.25) is 4.55 Å². The summed E-state index contributed by atoms with van der Waals surface area (Å²) in [5, 5.41) is 0. The highest BCUT2D eigenvalue weighted by molar-refractivity contribution is 7.91. The van der Waals surface area contributed by atoms with Crippen LogP contribution in [0.4, 0.5) is 0 Å². The topological polar surface area (TPSA) is 141 Å². The van der Waals surface area contributed by atoms with Gasteiger partial charge in [0.15, 0.2) is 0 Å². The maximum Gasteiger partial charge on any atom is 0.261 e. The van der Waals surface area contributed by atoms with Crippen molar-refractivity contribution in [2.45, 2.75) is 65.5 Å². The predicted octanol–water partition coefficient (Wildman–Crippen LogP) is 11.2. The molecule has 320 valence electrons. The number of rotatable bonds is 13. The van der Waals surface area contributed by atoms with E-state index >= 15 is 0 Å². The first-order valence-corrected chi connectivity index (χ1v) is 24.6. The smallest absolute Gasteiger partial charge is 0.261 e. The molecule has 1 N–H and O–H groups in total. The van der Waals surface area contributed by atoms with Gasteiger partial charge in [0.1, 0.15) is 23.0 Å². The van der Waals surface area contributed by atoms with E-state index in [0.717, 1.165) is 35.1 Å². The van der Waals surface area contributed by atoms with Crippen molar-refractivity contribution < 1.29 is 39.3 Å². The third-order valence-corrected chi connectivity index (χ3v) is 13.9. The van der Waals surface area contributed by atoms with Crippen molar-refractivity contribution in [1.82, 2.24) is 0 Å². The van der Waals surface area contributed by atoms with Crippen LogP contribution in [0.5, 0.6) is 23.0 Å². The second-order valence-electron chi connectivity index (χ2n) is 15.4. The molecular formula is C50H48O9S3. The lowest BCUT2D eigenvalue weighted by Gasteiger charge is -2.26. The molecule has 7 rings (SSSR count). The lowest BCUT2D eigenvalue weighted by molar-refractivity contribution is 0.480. The Kier molecular flexibility index (Phi) is 13.9. The number of benzene rings is 7. The molecule has 0 heterocycles. The maximum absolute atomic E-state index is 13.4. The van der Waals surface area contributed by atoms with E-state index in [0.29, 0.717) is 29.3 Å². The molecule has 0 saturated heterocycles. The summed E-state index contributed by atoms with van der Waals surface area (Å²) in [5.74, 6) is 2.33. The molecule has 12 heteroatoms. The zero-order valence-electron chi connectivity index (χ0n) is 35.0. The second kappa shape index (κ2) is 18.9. The first-order valence-electron chi connectivity index (χ1n) is 19.7.